The van der Waals surface area contributed by atoms with Crippen molar-refractivity contribution < 1.29 is 9.53 Å². The van der Waals surface area contributed by atoms with Gasteiger partial charge < -0.3 is 9.30 Å². The van der Waals surface area contributed by atoms with Crippen molar-refractivity contribution in [2.45, 2.75) is 20.9 Å². The summed E-state index contributed by atoms with van der Waals surface area (Å²) in [5, 5.41) is 2.57. The molecular formula is C20H20N2O2S. The van der Waals surface area contributed by atoms with E-state index in [2.05, 4.69) is 29.7 Å². The maximum atomic E-state index is 12.2. The average molecular weight is 352 g/mol. The van der Waals surface area contributed by atoms with Gasteiger partial charge in [0.15, 0.2) is 5.76 Å². The molecular weight excluding hydrogens is 332 g/mol. The number of nitrogens with zero attached hydrogens (tertiary/aromatic N) is 2. The van der Waals surface area contributed by atoms with E-state index >= 15 is 0 Å². The number of amides is 1. The van der Waals surface area contributed by atoms with E-state index in [0.29, 0.717) is 0 Å². The quantitative estimate of drug-likeness (QED) is 0.501. The van der Waals surface area contributed by atoms with Gasteiger partial charge in [0, 0.05) is 35.4 Å². The largest absolute Gasteiger partial charge is 0.426 e. The molecule has 0 atom stereocenters. The summed E-state index contributed by atoms with van der Waals surface area (Å²) >= 11 is 5.05. The summed E-state index contributed by atoms with van der Waals surface area (Å²) in [4.78, 5) is 13.6. The number of thiocarbonyl (C=S) groups is 1. The highest BCUT2D eigenvalue weighted by Gasteiger charge is 2.30. The number of carbonyl (C=O) groups is 1. The van der Waals surface area contributed by atoms with Crippen LogP contribution in [-0.2, 0) is 16.1 Å². The number of hydrogen-bond donors (Lipinski definition) is 0. The van der Waals surface area contributed by atoms with E-state index in [4.69, 9.17) is 17.0 Å². The second-order valence-corrected chi connectivity index (χ2v) is 6.09. The Bertz CT molecular complexity index is 1030. The molecule has 0 spiro atoms. The first kappa shape index (κ1) is 17.2. The lowest BCUT2D eigenvalue weighted by Crippen LogP contribution is -2.22. The third-order valence-electron chi connectivity index (χ3n) is 4.41. The summed E-state index contributed by atoms with van der Waals surface area (Å²) in [6.07, 6.45) is 1.78. The average Bonchev–Trinajstić information content (AvgIpc) is 3.05. The first-order valence-corrected chi connectivity index (χ1v) is 8.24. The van der Waals surface area contributed by atoms with Crippen LogP contribution >= 0.6 is 12.2 Å². The smallest absolute Gasteiger partial charge is 0.296 e. The van der Waals surface area contributed by atoms with Crippen molar-refractivity contribution in [1.82, 2.24) is 9.47 Å². The maximum Gasteiger partial charge on any atom is 0.296 e. The fourth-order valence-electron chi connectivity index (χ4n) is 3.27. The molecule has 2 heterocycles. The van der Waals surface area contributed by atoms with Gasteiger partial charge >= 0.3 is 0 Å². The number of ether oxygens (including phenoxy) is 1. The summed E-state index contributed by atoms with van der Waals surface area (Å²) in [5.74, 6) is 0.0547. The highest BCUT2D eigenvalue weighted by atomic mass is 32.1. The van der Waals surface area contributed by atoms with E-state index in [-0.39, 0.29) is 24.3 Å². The topological polar surface area (TPSA) is 34.5 Å². The highest BCUT2D eigenvalue weighted by molar-refractivity contribution is 7.80. The van der Waals surface area contributed by atoms with Crippen LogP contribution < -0.4 is 0 Å². The van der Waals surface area contributed by atoms with Crippen LogP contribution in [0.15, 0.2) is 48.2 Å². The number of hydrogen-bond acceptors (Lipinski definition) is 3. The number of aromatic nitrogens is 1. The minimum Gasteiger partial charge on any atom is -0.426 e. The highest BCUT2D eigenvalue weighted by Crippen LogP contribution is 2.32. The van der Waals surface area contributed by atoms with Crippen LogP contribution in [-0.4, -0.2) is 27.6 Å². The molecule has 0 saturated carbocycles. The summed E-state index contributed by atoms with van der Waals surface area (Å²) < 4.78 is 7.71. The number of aryl methyl sites for hydroxylation is 1. The standard InChI is InChI=1S/C19H16N2O2S.CH4/c1-3-21-15-10-5-4-8-13(15)14-9-6-7-12(17(14)21)11-16-18(22)20(2)19(24)23-16;/h4-11H,3H2,1-2H3;1H4/b16-11+;. The van der Waals surface area contributed by atoms with Gasteiger partial charge in [-0.25, -0.2) is 0 Å². The summed E-state index contributed by atoms with van der Waals surface area (Å²) in [5.41, 5.74) is 3.24. The SMILES string of the molecule is C.CCn1c2ccccc2c2cccc(/C=C3/OC(=S)N(C)C3=O)c21. The number of fused-ring (bicyclic) bond motifs is 3. The third-order valence-corrected chi connectivity index (χ3v) is 4.77. The predicted octanol–water partition coefficient (Wildman–Crippen LogP) is 4.56. The fraction of sp³-hybridized carbons (Fsp3) is 0.200. The molecule has 1 aliphatic heterocycles. The molecule has 1 aliphatic rings. The number of rotatable bonds is 2. The van der Waals surface area contributed by atoms with Crippen LogP contribution in [0, 0.1) is 0 Å². The molecule has 5 heteroatoms. The van der Waals surface area contributed by atoms with Crippen LogP contribution in [0.1, 0.15) is 19.9 Å². The molecule has 4 nitrogen and oxygen atoms in total. The molecule has 3 aromatic rings. The molecule has 0 unspecified atom stereocenters. The second-order valence-electron chi connectivity index (χ2n) is 5.75. The van der Waals surface area contributed by atoms with Crippen molar-refractivity contribution in [2.24, 2.45) is 0 Å². The molecule has 1 aromatic heterocycles. The molecule has 0 aliphatic carbocycles. The molecule has 1 fully saturated rings. The van der Waals surface area contributed by atoms with E-state index < -0.39 is 0 Å². The van der Waals surface area contributed by atoms with Crippen molar-refractivity contribution >= 4 is 51.2 Å². The fourth-order valence-corrected chi connectivity index (χ4v) is 3.44. The van der Waals surface area contributed by atoms with Crippen LogP contribution in [0.5, 0.6) is 0 Å². The van der Waals surface area contributed by atoms with Gasteiger partial charge in [-0.15, -0.1) is 0 Å². The number of carbonyl (C=O) groups excluding carboxylic acids is 1. The van der Waals surface area contributed by atoms with Gasteiger partial charge in [-0.05, 0) is 31.3 Å². The van der Waals surface area contributed by atoms with Crippen molar-refractivity contribution in [1.29, 1.82) is 0 Å². The molecule has 25 heavy (non-hydrogen) atoms. The van der Waals surface area contributed by atoms with Crippen LogP contribution in [0.4, 0.5) is 0 Å². The van der Waals surface area contributed by atoms with E-state index in [1.165, 1.54) is 21.2 Å². The summed E-state index contributed by atoms with van der Waals surface area (Å²) in [7, 11) is 1.62. The van der Waals surface area contributed by atoms with Gasteiger partial charge in [-0.1, -0.05) is 43.8 Å². The lowest BCUT2D eigenvalue weighted by molar-refractivity contribution is -0.122. The zero-order valence-corrected chi connectivity index (χ0v) is 14.3. The van der Waals surface area contributed by atoms with E-state index in [1.807, 2.05) is 24.3 Å². The maximum absolute atomic E-state index is 12.2. The Morgan fingerprint density at radius 2 is 1.84 bits per heavy atom. The van der Waals surface area contributed by atoms with Gasteiger partial charge in [0.2, 0.25) is 0 Å². The Labute approximate surface area is 152 Å². The van der Waals surface area contributed by atoms with Crippen LogP contribution in [0.25, 0.3) is 27.9 Å². The van der Waals surface area contributed by atoms with Crippen LogP contribution in [0.3, 0.4) is 0 Å². The predicted molar refractivity (Wildman–Crippen MR) is 106 cm³/mol. The number of likely N-dealkylation sites (N-methyl/N-ethyl adjacent to an activating group) is 1. The van der Waals surface area contributed by atoms with Crippen LogP contribution in [0.2, 0.25) is 0 Å². The Morgan fingerprint density at radius 3 is 2.52 bits per heavy atom. The van der Waals surface area contributed by atoms with E-state index in [1.54, 1.807) is 13.1 Å². The van der Waals surface area contributed by atoms with Gasteiger partial charge in [-0.2, -0.15) is 0 Å². The normalized spacial score (nSPS) is 15.9. The lowest BCUT2D eigenvalue weighted by atomic mass is 10.1. The van der Waals surface area contributed by atoms with E-state index in [9.17, 15) is 4.79 Å². The first-order chi connectivity index (χ1) is 11.6. The van der Waals surface area contributed by atoms with Crippen molar-refractivity contribution in [2.75, 3.05) is 7.05 Å². The lowest BCUT2D eigenvalue weighted by Gasteiger charge is -2.06. The molecule has 0 N–H and O–H groups in total. The summed E-state index contributed by atoms with van der Waals surface area (Å²) in [6, 6.07) is 14.4. The zero-order chi connectivity index (χ0) is 16.8. The number of benzene rings is 2. The third kappa shape index (κ3) is 2.51. The van der Waals surface area contributed by atoms with Gasteiger partial charge in [0.05, 0.1) is 5.52 Å². The molecule has 2 aromatic carbocycles. The zero-order valence-electron chi connectivity index (χ0n) is 13.4. The number of para-hydroxylation sites is 2. The Balaban J connectivity index is 0.00000182. The Kier molecular flexibility index (Phi) is 4.35. The van der Waals surface area contributed by atoms with Crippen molar-refractivity contribution in [3.05, 3.63) is 53.8 Å². The monoisotopic (exact) mass is 352 g/mol. The van der Waals surface area contributed by atoms with Gasteiger partial charge in [0.1, 0.15) is 0 Å². The van der Waals surface area contributed by atoms with Crippen molar-refractivity contribution in [3.63, 3.8) is 0 Å². The second kappa shape index (κ2) is 6.33. The Hall–Kier alpha value is -2.66. The van der Waals surface area contributed by atoms with Gasteiger partial charge in [-0.3, -0.25) is 9.69 Å². The molecule has 0 radical (unpaired) electrons. The van der Waals surface area contributed by atoms with Crippen molar-refractivity contribution in [3.8, 4) is 0 Å². The molecule has 0 bridgehead atoms. The van der Waals surface area contributed by atoms with E-state index in [0.717, 1.165) is 17.6 Å². The molecule has 1 amide bonds. The molecule has 4 rings (SSSR count). The summed E-state index contributed by atoms with van der Waals surface area (Å²) in [6.45, 7) is 2.97. The van der Waals surface area contributed by atoms with Gasteiger partial charge in [0.25, 0.3) is 11.1 Å². The molecule has 128 valence electrons. The minimum atomic E-state index is -0.212. The first-order valence-electron chi connectivity index (χ1n) is 7.83. The Morgan fingerprint density at radius 1 is 1.12 bits per heavy atom. The molecule has 1 saturated heterocycles. The minimum absolute atomic E-state index is 0.